The van der Waals surface area contributed by atoms with Crippen LogP contribution in [0.5, 0.6) is 0 Å². The SMILES string of the molecule is Fc1ccc(C(Br)CCC2CCCCC2)cc1F. The number of benzene rings is 1. The van der Waals surface area contributed by atoms with Crippen molar-refractivity contribution < 1.29 is 8.78 Å². The maximum atomic E-state index is 13.1. The molecule has 1 atom stereocenters. The summed E-state index contributed by atoms with van der Waals surface area (Å²) in [5.74, 6) is -0.704. The molecule has 0 amide bonds. The lowest BCUT2D eigenvalue weighted by molar-refractivity contribution is 0.332. The Morgan fingerprint density at radius 3 is 2.50 bits per heavy atom. The Kier molecular flexibility index (Phi) is 5.16. The summed E-state index contributed by atoms with van der Waals surface area (Å²) < 4.78 is 26.0. The van der Waals surface area contributed by atoms with Gasteiger partial charge < -0.3 is 0 Å². The van der Waals surface area contributed by atoms with E-state index < -0.39 is 11.6 Å². The summed E-state index contributed by atoms with van der Waals surface area (Å²) in [4.78, 5) is 0.134. The zero-order valence-electron chi connectivity index (χ0n) is 10.5. The van der Waals surface area contributed by atoms with Crippen LogP contribution in [0.3, 0.4) is 0 Å². The van der Waals surface area contributed by atoms with E-state index in [1.54, 1.807) is 6.07 Å². The van der Waals surface area contributed by atoms with Gasteiger partial charge in [0.25, 0.3) is 0 Å². The van der Waals surface area contributed by atoms with E-state index in [2.05, 4.69) is 15.9 Å². The molecule has 0 nitrogen and oxygen atoms in total. The molecule has 0 spiro atoms. The Morgan fingerprint density at radius 2 is 1.83 bits per heavy atom. The molecule has 100 valence electrons. The van der Waals surface area contributed by atoms with Crippen LogP contribution in [0.4, 0.5) is 8.78 Å². The average molecular weight is 317 g/mol. The Labute approximate surface area is 116 Å². The van der Waals surface area contributed by atoms with Gasteiger partial charge in [0.1, 0.15) is 0 Å². The summed E-state index contributed by atoms with van der Waals surface area (Å²) in [7, 11) is 0. The van der Waals surface area contributed by atoms with E-state index in [1.807, 2.05) is 0 Å². The fourth-order valence-corrected chi connectivity index (χ4v) is 3.28. The van der Waals surface area contributed by atoms with Gasteiger partial charge in [-0.15, -0.1) is 0 Å². The lowest BCUT2D eigenvalue weighted by Crippen LogP contribution is -2.07. The molecule has 0 radical (unpaired) electrons. The lowest BCUT2D eigenvalue weighted by atomic mass is 9.85. The van der Waals surface area contributed by atoms with Gasteiger partial charge in [0, 0.05) is 4.83 Å². The van der Waals surface area contributed by atoms with Gasteiger partial charge in [-0.2, -0.15) is 0 Å². The summed E-state index contributed by atoms with van der Waals surface area (Å²) in [6, 6.07) is 4.17. The molecule has 1 aliphatic rings. The van der Waals surface area contributed by atoms with Crippen LogP contribution in [0.1, 0.15) is 55.3 Å². The molecule has 1 aromatic rings. The Morgan fingerprint density at radius 1 is 1.11 bits per heavy atom. The van der Waals surface area contributed by atoms with Crippen LogP contribution in [-0.4, -0.2) is 0 Å². The van der Waals surface area contributed by atoms with Gasteiger partial charge in [0.2, 0.25) is 0 Å². The van der Waals surface area contributed by atoms with Gasteiger partial charge in [-0.3, -0.25) is 0 Å². The van der Waals surface area contributed by atoms with Crippen molar-refractivity contribution in [3.05, 3.63) is 35.4 Å². The van der Waals surface area contributed by atoms with Crippen molar-refractivity contribution in [2.24, 2.45) is 5.92 Å². The first kappa shape index (κ1) is 14.0. The molecule has 2 rings (SSSR count). The van der Waals surface area contributed by atoms with Gasteiger partial charge in [-0.1, -0.05) is 54.1 Å². The van der Waals surface area contributed by atoms with Crippen molar-refractivity contribution in [1.29, 1.82) is 0 Å². The molecule has 1 aliphatic carbocycles. The molecule has 0 aromatic heterocycles. The Balaban J connectivity index is 1.86. The maximum absolute atomic E-state index is 13.1. The minimum atomic E-state index is -0.772. The van der Waals surface area contributed by atoms with Crippen LogP contribution >= 0.6 is 15.9 Å². The first-order valence-corrected chi connectivity index (χ1v) is 7.67. The third-order valence-corrected chi connectivity index (χ3v) is 4.84. The largest absolute Gasteiger partial charge is 0.204 e. The Hall–Kier alpha value is -0.440. The molecule has 0 heterocycles. The van der Waals surface area contributed by atoms with E-state index in [0.717, 1.165) is 17.9 Å². The third kappa shape index (κ3) is 3.78. The zero-order chi connectivity index (χ0) is 13.0. The fourth-order valence-electron chi connectivity index (χ4n) is 2.73. The van der Waals surface area contributed by atoms with Crippen molar-refractivity contribution in [3.63, 3.8) is 0 Å². The fraction of sp³-hybridized carbons (Fsp3) is 0.600. The second-order valence-corrected chi connectivity index (χ2v) is 6.33. The normalized spacial score (nSPS) is 18.8. The van der Waals surface area contributed by atoms with Crippen LogP contribution in [0, 0.1) is 17.6 Å². The van der Waals surface area contributed by atoms with Crippen LogP contribution in [0.2, 0.25) is 0 Å². The number of hydrogen-bond acceptors (Lipinski definition) is 0. The first-order chi connectivity index (χ1) is 8.66. The van der Waals surface area contributed by atoms with Gasteiger partial charge in [-0.25, -0.2) is 8.78 Å². The summed E-state index contributed by atoms with van der Waals surface area (Å²) >= 11 is 3.58. The summed E-state index contributed by atoms with van der Waals surface area (Å²) in [6.07, 6.45) is 8.91. The van der Waals surface area contributed by atoms with E-state index in [-0.39, 0.29) is 4.83 Å². The van der Waals surface area contributed by atoms with E-state index in [9.17, 15) is 8.78 Å². The van der Waals surface area contributed by atoms with Gasteiger partial charge in [0.15, 0.2) is 11.6 Å². The minimum Gasteiger partial charge on any atom is -0.204 e. The second kappa shape index (κ2) is 6.65. The van der Waals surface area contributed by atoms with Crippen molar-refractivity contribution in [3.8, 4) is 0 Å². The molecular weight excluding hydrogens is 298 g/mol. The maximum Gasteiger partial charge on any atom is 0.159 e. The van der Waals surface area contributed by atoms with Crippen LogP contribution in [0.25, 0.3) is 0 Å². The number of hydrogen-bond donors (Lipinski definition) is 0. The highest BCUT2D eigenvalue weighted by Gasteiger charge is 2.16. The molecule has 18 heavy (non-hydrogen) atoms. The predicted octanol–water partition coefficient (Wildman–Crippen LogP) is 5.76. The molecule has 1 saturated carbocycles. The highest BCUT2D eigenvalue weighted by atomic mass is 79.9. The van der Waals surface area contributed by atoms with E-state index >= 15 is 0 Å². The smallest absolute Gasteiger partial charge is 0.159 e. The van der Waals surface area contributed by atoms with Gasteiger partial charge in [-0.05, 0) is 36.5 Å². The molecule has 1 fully saturated rings. The quantitative estimate of drug-likeness (QED) is 0.619. The molecule has 0 N–H and O–H groups in total. The monoisotopic (exact) mass is 316 g/mol. The van der Waals surface area contributed by atoms with Crippen LogP contribution in [-0.2, 0) is 0 Å². The molecule has 0 bridgehead atoms. The number of alkyl halides is 1. The standard InChI is InChI=1S/C15H19BrF2/c16-13(8-6-11-4-2-1-3-5-11)12-7-9-14(17)15(18)10-12/h7,9-11,13H,1-6,8H2. The number of halogens is 3. The van der Waals surface area contributed by atoms with Crippen molar-refractivity contribution in [2.75, 3.05) is 0 Å². The highest BCUT2D eigenvalue weighted by Crippen LogP contribution is 2.34. The van der Waals surface area contributed by atoms with Crippen molar-refractivity contribution in [2.45, 2.75) is 49.8 Å². The highest BCUT2D eigenvalue weighted by molar-refractivity contribution is 9.09. The summed E-state index contributed by atoms with van der Waals surface area (Å²) in [5, 5.41) is 0. The second-order valence-electron chi connectivity index (χ2n) is 5.22. The molecule has 0 aliphatic heterocycles. The minimum absolute atomic E-state index is 0.134. The lowest BCUT2D eigenvalue weighted by Gasteiger charge is -2.22. The van der Waals surface area contributed by atoms with E-state index in [0.29, 0.717) is 0 Å². The molecular formula is C15H19BrF2. The summed E-state index contributed by atoms with van der Waals surface area (Å²) in [5.41, 5.74) is 0.838. The van der Waals surface area contributed by atoms with Crippen molar-refractivity contribution in [1.82, 2.24) is 0 Å². The Bertz CT molecular complexity index is 386. The van der Waals surface area contributed by atoms with Gasteiger partial charge >= 0.3 is 0 Å². The van der Waals surface area contributed by atoms with Crippen LogP contribution < -0.4 is 0 Å². The first-order valence-electron chi connectivity index (χ1n) is 6.76. The van der Waals surface area contributed by atoms with E-state index in [4.69, 9.17) is 0 Å². The topological polar surface area (TPSA) is 0 Å². The van der Waals surface area contributed by atoms with Crippen molar-refractivity contribution >= 4 is 15.9 Å². The molecule has 1 unspecified atom stereocenters. The summed E-state index contributed by atoms with van der Waals surface area (Å²) in [6.45, 7) is 0. The zero-order valence-corrected chi connectivity index (χ0v) is 12.1. The molecule has 3 heteroatoms. The molecule has 0 saturated heterocycles. The number of rotatable bonds is 4. The van der Waals surface area contributed by atoms with Crippen LogP contribution in [0.15, 0.2) is 18.2 Å². The van der Waals surface area contributed by atoms with E-state index in [1.165, 1.54) is 50.7 Å². The average Bonchev–Trinajstić information content (AvgIpc) is 2.40. The predicted molar refractivity (Wildman–Crippen MR) is 73.8 cm³/mol. The molecule has 1 aromatic carbocycles. The van der Waals surface area contributed by atoms with Gasteiger partial charge in [0.05, 0.1) is 0 Å². The third-order valence-electron chi connectivity index (χ3n) is 3.86.